The smallest absolute Gasteiger partial charge is 0.0625 e. The van der Waals surface area contributed by atoms with Crippen molar-refractivity contribution in [3.8, 4) is 6.07 Å². The van der Waals surface area contributed by atoms with Crippen LogP contribution in [0.1, 0.15) is 12.0 Å². The lowest BCUT2D eigenvalue weighted by Gasteiger charge is -2.06. The van der Waals surface area contributed by atoms with Gasteiger partial charge in [0.1, 0.15) is 0 Å². The zero-order chi connectivity index (χ0) is 9.68. The standard InChI is InChI=1S/C10H10BrNS/c1-13-10-8(5-3-7-12)4-2-6-9(10)11/h2,4,6H,3,5H2,1H3. The van der Waals surface area contributed by atoms with E-state index in [0.717, 1.165) is 10.9 Å². The number of nitriles is 1. The third-order valence-electron chi connectivity index (χ3n) is 1.76. The first kappa shape index (κ1) is 10.6. The Hall–Kier alpha value is -0.460. The fourth-order valence-electron chi connectivity index (χ4n) is 1.17. The summed E-state index contributed by atoms with van der Waals surface area (Å²) in [5.74, 6) is 0. The van der Waals surface area contributed by atoms with Gasteiger partial charge < -0.3 is 0 Å². The van der Waals surface area contributed by atoms with Gasteiger partial charge in [0.05, 0.1) is 6.07 Å². The Morgan fingerprint density at radius 1 is 1.54 bits per heavy atom. The normalized spacial score (nSPS) is 9.62. The summed E-state index contributed by atoms with van der Waals surface area (Å²) >= 11 is 5.21. The molecule has 0 aromatic heterocycles. The van der Waals surface area contributed by atoms with Gasteiger partial charge in [0.2, 0.25) is 0 Å². The van der Waals surface area contributed by atoms with E-state index in [4.69, 9.17) is 5.26 Å². The molecule has 0 amide bonds. The number of hydrogen-bond donors (Lipinski definition) is 0. The number of thioether (sulfide) groups is 1. The Balaban J connectivity index is 2.93. The second-order valence-electron chi connectivity index (χ2n) is 2.59. The molecule has 0 saturated heterocycles. The summed E-state index contributed by atoms with van der Waals surface area (Å²) < 4.78 is 1.12. The van der Waals surface area contributed by atoms with Gasteiger partial charge in [-0.2, -0.15) is 5.26 Å². The summed E-state index contributed by atoms with van der Waals surface area (Å²) in [6.45, 7) is 0. The maximum absolute atomic E-state index is 8.49. The molecule has 0 atom stereocenters. The molecule has 0 N–H and O–H groups in total. The molecule has 3 heteroatoms. The van der Waals surface area contributed by atoms with Crippen LogP contribution in [0.5, 0.6) is 0 Å². The topological polar surface area (TPSA) is 23.8 Å². The van der Waals surface area contributed by atoms with E-state index in [1.54, 1.807) is 11.8 Å². The van der Waals surface area contributed by atoms with E-state index in [9.17, 15) is 0 Å². The molecule has 68 valence electrons. The van der Waals surface area contributed by atoms with Crippen LogP contribution in [0.4, 0.5) is 0 Å². The highest BCUT2D eigenvalue weighted by molar-refractivity contribution is 9.10. The van der Waals surface area contributed by atoms with Gasteiger partial charge in [-0.3, -0.25) is 0 Å². The van der Waals surface area contributed by atoms with Crippen LogP contribution in [0.2, 0.25) is 0 Å². The first-order valence-electron chi connectivity index (χ1n) is 3.98. The summed E-state index contributed by atoms with van der Waals surface area (Å²) in [6, 6.07) is 8.28. The van der Waals surface area contributed by atoms with E-state index in [1.807, 2.05) is 12.1 Å². The highest BCUT2D eigenvalue weighted by Crippen LogP contribution is 2.29. The van der Waals surface area contributed by atoms with Crippen molar-refractivity contribution < 1.29 is 0 Å². The van der Waals surface area contributed by atoms with Crippen molar-refractivity contribution in [1.82, 2.24) is 0 Å². The summed E-state index contributed by atoms with van der Waals surface area (Å²) in [5.41, 5.74) is 1.25. The molecule has 0 unspecified atom stereocenters. The second-order valence-corrected chi connectivity index (χ2v) is 4.26. The van der Waals surface area contributed by atoms with Crippen molar-refractivity contribution in [2.45, 2.75) is 17.7 Å². The van der Waals surface area contributed by atoms with Crippen LogP contribution in [-0.2, 0) is 6.42 Å². The molecular weight excluding hydrogens is 246 g/mol. The number of rotatable bonds is 3. The molecule has 0 fully saturated rings. The van der Waals surface area contributed by atoms with Crippen LogP contribution < -0.4 is 0 Å². The molecule has 1 aromatic carbocycles. The molecule has 0 spiro atoms. The molecule has 0 aliphatic rings. The zero-order valence-electron chi connectivity index (χ0n) is 7.38. The minimum absolute atomic E-state index is 0.587. The number of aryl methyl sites for hydroxylation is 1. The minimum Gasteiger partial charge on any atom is -0.198 e. The molecule has 1 nitrogen and oxygen atoms in total. The maximum Gasteiger partial charge on any atom is 0.0625 e. The van der Waals surface area contributed by atoms with Crippen LogP contribution in [0.3, 0.4) is 0 Å². The van der Waals surface area contributed by atoms with Crippen molar-refractivity contribution >= 4 is 27.7 Å². The molecule has 0 radical (unpaired) electrons. The molecule has 0 saturated carbocycles. The fraction of sp³-hybridized carbons (Fsp3) is 0.300. The highest BCUT2D eigenvalue weighted by Gasteiger charge is 2.04. The quantitative estimate of drug-likeness (QED) is 0.771. The van der Waals surface area contributed by atoms with E-state index >= 15 is 0 Å². The fourth-order valence-corrected chi connectivity index (χ4v) is 2.76. The largest absolute Gasteiger partial charge is 0.198 e. The molecule has 0 heterocycles. The predicted molar refractivity (Wildman–Crippen MR) is 59.9 cm³/mol. The van der Waals surface area contributed by atoms with Gasteiger partial charge in [0.25, 0.3) is 0 Å². The summed E-state index contributed by atoms with van der Waals surface area (Å²) in [6.07, 6.45) is 3.48. The van der Waals surface area contributed by atoms with Crippen molar-refractivity contribution in [3.05, 3.63) is 28.2 Å². The third-order valence-corrected chi connectivity index (χ3v) is 3.57. The van der Waals surface area contributed by atoms with E-state index in [-0.39, 0.29) is 0 Å². The Labute approximate surface area is 91.3 Å². The summed E-state index contributed by atoms with van der Waals surface area (Å²) in [4.78, 5) is 1.25. The second kappa shape index (κ2) is 5.31. The first-order chi connectivity index (χ1) is 6.29. The summed E-state index contributed by atoms with van der Waals surface area (Å²) in [7, 11) is 0. The predicted octanol–water partition coefficient (Wildman–Crippen LogP) is 3.63. The van der Waals surface area contributed by atoms with E-state index in [1.165, 1.54) is 10.5 Å². The van der Waals surface area contributed by atoms with Crippen LogP contribution in [0, 0.1) is 11.3 Å². The highest BCUT2D eigenvalue weighted by atomic mass is 79.9. The number of halogens is 1. The first-order valence-corrected chi connectivity index (χ1v) is 5.99. The Morgan fingerprint density at radius 3 is 2.92 bits per heavy atom. The Kier molecular flexibility index (Phi) is 4.34. The molecule has 1 rings (SSSR count). The lowest BCUT2D eigenvalue weighted by Crippen LogP contribution is -1.88. The van der Waals surface area contributed by atoms with E-state index < -0.39 is 0 Å². The Bertz CT molecular complexity index is 330. The SMILES string of the molecule is CSc1c(Br)cccc1CCC#N. The number of benzene rings is 1. The van der Waals surface area contributed by atoms with Gasteiger partial charge >= 0.3 is 0 Å². The number of nitrogens with zero attached hydrogens (tertiary/aromatic N) is 1. The van der Waals surface area contributed by atoms with Gasteiger partial charge in [-0.25, -0.2) is 0 Å². The molecule has 0 aliphatic heterocycles. The number of hydrogen-bond acceptors (Lipinski definition) is 2. The van der Waals surface area contributed by atoms with Crippen molar-refractivity contribution in [2.24, 2.45) is 0 Å². The lowest BCUT2D eigenvalue weighted by molar-refractivity contribution is 0.975. The van der Waals surface area contributed by atoms with Gasteiger partial charge in [-0.1, -0.05) is 12.1 Å². The average molecular weight is 256 g/mol. The molecule has 0 aliphatic carbocycles. The third kappa shape index (κ3) is 2.75. The maximum atomic E-state index is 8.49. The average Bonchev–Trinajstić information content (AvgIpc) is 2.15. The van der Waals surface area contributed by atoms with Crippen molar-refractivity contribution in [2.75, 3.05) is 6.26 Å². The molecule has 13 heavy (non-hydrogen) atoms. The van der Waals surface area contributed by atoms with Crippen molar-refractivity contribution in [1.29, 1.82) is 5.26 Å². The molecular formula is C10H10BrNS. The summed E-state index contributed by atoms with van der Waals surface area (Å²) in [5, 5.41) is 8.49. The van der Waals surface area contributed by atoms with Gasteiger partial charge in [-0.15, -0.1) is 11.8 Å². The van der Waals surface area contributed by atoms with Crippen LogP contribution in [0.15, 0.2) is 27.6 Å². The van der Waals surface area contributed by atoms with E-state index in [2.05, 4.69) is 34.3 Å². The van der Waals surface area contributed by atoms with Gasteiger partial charge in [-0.05, 0) is 40.2 Å². The van der Waals surface area contributed by atoms with Crippen LogP contribution >= 0.6 is 27.7 Å². The molecule has 1 aromatic rings. The van der Waals surface area contributed by atoms with E-state index in [0.29, 0.717) is 6.42 Å². The zero-order valence-corrected chi connectivity index (χ0v) is 9.78. The van der Waals surface area contributed by atoms with Crippen LogP contribution in [0.25, 0.3) is 0 Å². The Morgan fingerprint density at radius 2 is 2.31 bits per heavy atom. The minimum atomic E-state index is 0.587. The van der Waals surface area contributed by atoms with Gasteiger partial charge in [0, 0.05) is 15.8 Å². The van der Waals surface area contributed by atoms with Gasteiger partial charge in [0.15, 0.2) is 0 Å². The lowest BCUT2D eigenvalue weighted by atomic mass is 10.1. The van der Waals surface area contributed by atoms with Crippen molar-refractivity contribution in [3.63, 3.8) is 0 Å². The van der Waals surface area contributed by atoms with Crippen LogP contribution in [-0.4, -0.2) is 6.26 Å². The monoisotopic (exact) mass is 255 g/mol. The molecule has 0 bridgehead atoms.